The van der Waals surface area contributed by atoms with Gasteiger partial charge in [-0.1, -0.05) is 0 Å². The van der Waals surface area contributed by atoms with E-state index in [0.717, 1.165) is 26.1 Å². The van der Waals surface area contributed by atoms with Crippen LogP contribution in [-0.2, 0) is 6.54 Å². The fourth-order valence-electron chi connectivity index (χ4n) is 3.35. The van der Waals surface area contributed by atoms with Gasteiger partial charge in [0.2, 0.25) is 6.79 Å². The number of hydrogen-bond donors (Lipinski definition) is 1. The molecule has 2 aliphatic heterocycles. The van der Waals surface area contributed by atoms with Crippen molar-refractivity contribution in [3.63, 3.8) is 0 Å². The molecule has 1 saturated heterocycles. The Balaban J connectivity index is 1.27. The lowest BCUT2D eigenvalue weighted by Gasteiger charge is -2.16. The van der Waals surface area contributed by atoms with E-state index in [-0.39, 0.29) is 12.7 Å². The number of fused-ring (bicyclic) bond motifs is 1. The Hall–Kier alpha value is -2.60. The Morgan fingerprint density at radius 2 is 2.04 bits per heavy atom. The second-order valence-corrected chi connectivity index (χ2v) is 6.52. The van der Waals surface area contributed by atoms with Crippen molar-refractivity contribution >= 4 is 5.91 Å². The van der Waals surface area contributed by atoms with Crippen LogP contribution in [0.1, 0.15) is 22.3 Å². The topological polar surface area (TPSA) is 63.7 Å². The number of carbonyl (C=O) groups is 1. The third-order valence-corrected chi connectivity index (χ3v) is 4.71. The molecule has 0 radical (unpaired) electrons. The third-order valence-electron chi connectivity index (χ3n) is 4.71. The summed E-state index contributed by atoms with van der Waals surface area (Å²) in [6.07, 6.45) is 4.76. The van der Waals surface area contributed by atoms with Crippen LogP contribution in [0, 0.1) is 5.92 Å². The predicted molar refractivity (Wildman–Crippen MR) is 92.5 cm³/mol. The van der Waals surface area contributed by atoms with Gasteiger partial charge in [-0.3, -0.25) is 14.7 Å². The molecule has 1 fully saturated rings. The van der Waals surface area contributed by atoms with Gasteiger partial charge in [0.25, 0.3) is 5.91 Å². The first-order valence-corrected chi connectivity index (χ1v) is 8.57. The summed E-state index contributed by atoms with van der Waals surface area (Å²) in [4.78, 5) is 18.8. The maximum atomic E-state index is 12.3. The number of ether oxygens (including phenoxy) is 2. The molecule has 1 aromatic carbocycles. The molecule has 0 unspecified atom stereocenters. The van der Waals surface area contributed by atoms with Gasteiger partial charge in [0.1, 0.15) is 0 Å². The monoisotopic (exact) mass is 339 g/mol. The Labute approximate surface area is 146 Å². The Kier molecular flexibility index (Phi) is 4.52. The smallest absolute Gasteiger partial charge is 0.251 e. The van der Waals surface area contributed by atoms with Crippen LogP contribution >= 0.6 is 0 Å². The van der Waals surface area contributed by atoms with Crippen LogP contribution in [0.2, 0.25) is 0 Å². The summed E-state index contributed by atoms with van der Waals surface area (Å²) in [5.74, 6) is 1.75. The zero-order chi connectivity index (χ0) is 17.1. The van der Waals surface area contributed by atoms with E-state index in [1.807, 2.05) is 12.4 Å². The normalized spacial score (nSPS) is 19.1. The molecule has 3 heterocycles. The predicted octanol–water partition coefficient (Wildman–Crippen LogP) is 2.06. The van der Waals surface area contributed by atoms with Crippen molar-refractivity contribution in [2.75, 3.05) is 26.4 Å². The van der Waals surface area contributed by atoms with E-state index in [1.54, 1.807) is 18.2 Å². The van der Waals surface area contributed by atoms with Crippen LogP contribution in [0.5, 0.6) is 11.5 Å². The minimum atomic E-state index is -0.0640. The van der Waals surface area contributed by atoms with Gasteiger partial charge >= 0.3 is 0 Å². The van der Waals surface area contributed by atoms with Gasteiger partial charge in [-0.15, -0.1) is 0 Å². The second kappa shape index (κ2) is 7.11. The Bertz CT molecular complexity index is 751. The maximum absolute atomic E-state index is 12.3. The summed E-state index contributed by atoms with van der Waals surface area (Å²) in [5.41, 5.74) is 1.89. The standard InChI is InChI=1S/C19H21N3O3/c23-19(16-1-2-17-18(9-16)25-13-24-17)21-10-15-5-8-22(12-15)11-14-3-6-20-7-4-14/h1-4,6-7,9,15H,5,8,10-13H2,(H,21,23)/t15-/m1/s1. The minimum absolute atomic E-state index is 0.0640. The number of nitrogens with zero attached hydrogens (tertiary/aromatic N) is 2. The zero-order valence-corrected chi connectivity index (χ0v) is 14.0. The van der Waals surface area contributed by atoms with Crippen molar-refractivity contribution in [1.82, 2.24) is 15.2 Å². The van der Waals surface area contributed by atoms with Crippen LogP contribution in [-0.4, -0.2) is 42.2 Å². The SMILES string of the molecule is O=C(NC[C@H]1CCN(Cc2ccncc2)C1)c1ccc2c(c1)OCO2. The van der Waals surface area contributed by atoms with Crippen molar-refractivity contribution < 1.29 is 14.3 Å². The molecule has 6 heteroatoms. The molecule has 25 heavy (non-hydrogen) atoms. The summed E-state index contributed by atoms with van der Waals surface area (Å²) < 4.78 is 10.6. The molecule has 4 rings (SSSR count). The Morgan fingerprint density at radius 1 is 1.20 bits per heavy atom. The van der Waals surface area contributed by atoms with Crippen molar-refractivity contribution in [3.05, 3.63) is 53.9 Å². The summed E-state index contributed by atoms with van der Waals surface area (Å²) in [7, 11) is 0. The van der Waals surface area contributed by atoms with Crippen molar-refractivity contribution in [2.45, 2.75) is 13.0 Å². The van der Waals surface area contributed by atoms with E-state index in [9.17, 15) is 4.79 Å². The number of carbonyl (C=O) groups excluding carboxylic acids is 1. The van der Waals surface area contributed by atoms with Crippen molar-refractivity contribution in [3.8, 4) is 11.5 Å². The first-order chi connectivity index (χ1) is 12.3. The van der Waals surface area contributed by atoms with Crippen molar-refractivity contribution in [2.24, 2.45) is 5.92 Å². The number of likely N-dealkylation sites (tertiary alicyclic amines) is 1. The fraction of sp³-hybridized carbons (Fsp3) is 0.368. The molecule has 0 aliphatic carbocycles. The summed E-state index contributed by atoms with van der Waals surface area (Å²) >= 11 is 0. The highest BCUT2D eigenvalue weighted by atomic mass is 16.7. The van der Waals surface area contributed by atoms with Crippen LogP contribution < -0.4 is 14.8 Å². The summed E-state index contributed by atoms with van der Waals surface area (Å²) in [6, 6.07) is 9.39. The van der Waals surface area contributed by atoms with Crippen LogP contribution in [0.3, 0.4) is 0 Å². The van der Waals surface area contributed by atoms with Crippen LogP contribution in [0.15, 0.2) is 42.7 Å². The lowest BCUT2D eigenvalue weighted by Crippen LogP contribution is -2.30. The first kappa shape index (κ1) is 15.9. The van der Waals surface area contributed by atoms with E-state index in [1.165, 1.54) is 5.56 Å². The van der Waals surface area contributed by atoms with E-state index in [2.05, 4.69) is 27.3 Å². The molecule has 1 atom stereocenters. The fourth-order valence-corrected chi connectivity index (χ4v) is 3.35. The highest BCUT2D eigenvalue weighted by molar-refractivity contribution is 5.94. The van der Waals surface area contributed by atoms with E-state index >= 15 is 0 Å². The molecule has 2 aromatic rings. The molecule has 0 bridgehead atoms. The molecule has 6 nitrogen and oxygen atoms in total. The number of rotatable bonds is 5. The number of pyridine rings is 1. The van der Waals surface area contributed by atoms with Crippen LogP contribution in [0.4, 0.5) is 0 Å². The molecule has 1 N–H and O–H groups in total. The van der Waals surface area contributed by atoms with E-state index < -0.39 is 0 Å². The maximum Gasteiger partial charge on any atom is 0.251 e. The average Bonchev–Trinajstić information content (AvgIpc) is 3.29. The van der Waals surface area contributed by atoms with Crippen LogP contribution in [0.25, 0.3) is 0 Å². The number of amides is 1. The highest BCUT2D eigenvalue weighted by Gasteiger charge is 2.23. The summed E-state index contributed by atoms with van der Waals surface area (Å²) in [6.45, 7) is 3.92. The largest absolute Gasteiger partial charge is 0.454 e. The third kappa shape index (κ3) is 3.74. The highest BCUT2D eigenvalue weighted by Crippen LogP contribution is 2.32. The molecule has 0 spiro atoms. The molecule has 2 aliphatic rings. The lowest BCUT2D eigenvalue weighted by atomic mass is 10.1. The molecular weight excluding hydrogens is 318 g/mol. The molecular formula is C19H21N3O3. The molecule has 130 valence electrons. The number of nitrogens with one attached hydrogen (secondary N) is 1. The quantitative estimate of drug-likeness (QED) is 0.903. The zero-order valence-electron chi connectivity index (χ0n) is 14.0. The Morgan fingerprint density at radius 3 is 2.92 bits per heavy atom. The second-order valence-electron chi connectivity index (χ2n) is 6.52. The lowest BCUT2D eigenvalue weighted by molar-refractivity contribution is 0.0947. The average molecular weight is 339 g/mol. The summed E-state index contributed by atoms with van der Waals surface area (Å²) in [5, 5.41) is 3.04. The first-order valence-electron chi connectivity index (χ1n) is 8.57. The van der Waals surface area contributed by atoms with E-state index in [4.69, 9.17) is 9.47 Å². The number of aromatic nitrogens is 1. The van der Waals surface area contributed by atoms with Gasteiger partial charge in [0.15, 0.2) is 11.5 Å². The van der Waals surface area contributed by atoms with Gasteiger partial charge < -0.3 is 14.8 Å². The van der Waals surface area contributed by atoms with Gasteiger partial charge in [-0.05, 0) is 54.8 Å². The number of benzene rings is 1. The van der Waals surface area contributed by atoms with Gasteiger partial charge in [0.05, 0.1) is 0 Å². The van der Waals surface area contributed by atoms with E-state index in [0.29, 0.717) is 29.5 Å². The van der Waals surface area contributed by atoms with Gasteiger partial charge in [0, 0.05) is 37.6 Å². The van der Waals surface area contributed by atoms with Gasteiger partial charge in [-0.25, -0.2) is 0 Å². The molecule has 1 aromatic heterocycles. The molecule has 0 saturated carbocycles. The van der Waals surface area contributed by atoms with Crippen molar-refractivity contribution in [1.29, 1.82) is 0 Å². The van der Waals surface area contributed by atoms with Gasteiger partial charge in [-0.2, -0.15) is 0 Å². The minimum Gasteiger partial charge on any atom is -0.454 e. The molecule has 1 amide bonds. The number of hydrogen-bond acceptors (Lipinski definition) is 5.